The number of aryl methyl sites for hydroxylation is 2. The van der Waals surface area contributed by atoms with Crippen molar-refractivity contribution >= 4 is 5.91 Å². The van der Waals surface area contributed by atoms with E-state index in [4.69, 9.17) is 5.73 Å². The lowest BCUT2D eigenvalue weighted by atomic mass is 10.2. The van der Waals surface area contributed by atoms with E-state index in [2.05, 4.69) is 10.4 Å². The van der Waals surface area contributed by atoms with Gasteiger partial charge in [0.25, 0.3) is 5.91 Å². The van der Waals surface area contributed by atoms with Crippen molar-refractivity contribution in [3.8, 4) is 0 Å². The fourth-order valence-electron chi connectivity index (χ4n) is 1.71. The number of hydrogen-bond donors (Lipinski definition) is 2. The lowest BCUT2D eigenvalue weighted by molar-refractivity contribution is 0.0928. The van der Waals surface area contributed by atoms with Gasteiger partial charge in [0.05, 0.1) is 5.69 Å². The second kappa shape index (κ2) is 6.39. The standard InChI is InChI=1S/C12H22N4O/c1-4-10-8-11(16(3)15-10)12(17)14-9(2)6-5-7-13/h8-9H,4-7,13H2,1-3H3,(H,14,17). The summed E-state index contributed by atoms with van der Waals surface area (Å²) in [4.78, 5) is 12.0. The van der Waals surface area contributed by atoms with Crippen molar-refractivity contribution in [2.45, 2.75) is 39.2 Å². The summed E-state index contributed by atoms with van der Waals surface area (Å²) >= 11 is 0. The average Bonchev–Trinajstić information content (AvgIpc) is 2.68. The van der Waals surface area contributed by atoms with Crippen molar-refractivity contribution in [3.63, 3.8) is 0 Å². The van der Waals surface area contributed by atoms with Crippen LogP contribution >= 0.6 is 0 Å². The highest BCUT2D eigenvalue weighted by Crippen LogP contribution is 2.05. The smallest absolute Gasteiger partial charge is 0.269 e. The Kier molecular flexibility index (Phi) is 5.15. The van der Waals surface area contributed by atoms with Gasteiger partial charge >= 0.3 is 0 Å². The van der Waals surface area contributed by atoms with Gasteiger partial charge in [-0.05, 0) is 38.8 Å². The third kappa shape index (κ3) is 3.85. The second-order valence-electron chi connectivity index (χ2n) is 4.30. The zero-order valence-corrected chi connectivity index (χ0v) is 10.9. The Balaban J connectivity index is 2.59. The molecule has 1 aromatic rings. The molecule has 1 amide bonds. The summed E-state index contributed by atoms with van der Waals surface area (Å²) in [6.07, 6.45) is 2.66. The van der Waals surface area contributed by atoms with E-state index in [1.807, 2.05) is 19.9 Å². The predicted molar refractivity (Wildman–Crippen MR) is 67.8 cm³/mol. The molecule has 0 aliphatic carbocycles. The fraction of sp³-hybridized carbons (Fsp3) is 0.667. The second-order valence-corrected chi connectivity index (χ2v) is 4.30. The Hall–Kier alpha value is -1.36. The SMILES string of the molecule is CCc1cc(C(=O)NC(C)CCCN)n(C)n1. The first-order valence-corrected chi connectivity index (χ1v) is 6.12. The molecule has 0 spiro atoms. The Morgan fingerprint density at radius 2 is 2.35 bits per heavy atom. The van der Waals surface area contributed by atoms with E-state index < -0.39 is 0 Å². The molecule has 1 heterocycles. The first-order chi connectivity index (χ1) is 8.08. The summed E-state index contributed by atoms with van der Waals surface area (Å²) in [6.45, 7) is 4.67. The maximum absolute atomic E-state index is 12.0. The van der Waals surface area contributed by atoms with Crippen molar-refractivity contribution in [1.29, 1.82) is 0 Å². The highest BCUT2D eigenvalue weighted by molar-refractivity contribution is 5.92. The molecule has 5 nitrogen and oxygen atoms in total. The molecule has 0 aromatic carbocycles. The molecule has 0 saturated heterocycles. The van der Waals surface area contributed by atoms with Crippen LogP contribution in [0.4, 0.5) is 0 Å². The molecule has 1 atom stereocenters. The maximum Gasteiger partial charge on any atom is 0.269 e. The third-order valence-electron chi connectivity index (χ3n) is 2.74. The first kappa shape index (κ1) is 13.7. The van der Waals surface area contributed by atoms with Gasteiger partial charge in [0.2, 0.25) is 0 Å². The van der Waals surface area contributed by atoms with Gasteiger partial charge in [-0.1, -0.05) is 6.92 Å². The molecule has 0 aliphatic rings. The van der Waals surface area contributed by atoms with Crippen LogP contribution in [0.25, 0.3) is 0 Å². The molecule has 0 bridgehead atoms. The van der Waals surface area contributed by atoms with E-state index in [0.717, 1.165) is 25.0 Å². The number of nitrogens with zero attached hydrogens (tertiary/aromatic N) is 2. The van der Waals surface area contributed by atoms with Crippen LogP contribution in [-0.2, 0) is 13.5 Å². The summed E-state index contributed by atoms with van der Waals surface area (Å²) in [5.41, 5.74) is 6.99. The van der Waals surface area contributed by atoms with E-state index in [1.165, 1.54) is 0 Å². The predicted octanol–water partition coefficient (Wildman–Crippen LogP) is 0.840. The molecule has 1 aromatic heterocycles. The van der Waals surface area contributed by atoms with Crippen LogP contribution in [0, 0.1) is 0 Å². The number of carbonyl (C=O) groups excluding carboxylic acids is 1. The minimum atomic E-state index is -0.0655. The molecule has 0 radical (unpaired) electrons. The largest absolute Gasteiger partial charge is 0.348 e. The molecular formula is C12H22N4O. The molecule has 0 saturated carbocycles. The molecule has 1 unspecified atom stereocenters. The summed E-state index contributed by atoms with van der Waals surface area (Å²) in [7, 11) is 1.79. The molecule has 17 heavy (non-hydrogen) atoms. The van der Waals surface area contributed by atoms with Gasteiger partial charge in [-0.3, -0.25) is 9.48 Å². The average molecular weight is 238 g/mol. The number of nitrogens with two attached hydrogens (primary N) is 1. The zero-order chi connectivity index (χ0) is 12.8. The summed E-state index contributed by atoms with van der Waals surface area (Å²) in [5.74, 6) is -0.0655. The van der Waals surface area contributed by atoms with Crippen molar-refractivity contribution in [2.24, 2.45) is 12.8 Å². The maximum atomic E-state index is 12.0. The number of rotatable bonds is 6. The topological polar surface area (TPSA) is 72.9 Å². The lowest BCUT2D eigenvalue weighted by Crippen LogP contribution is -2.34. The van der Waals surface area contributed by atoms with Crippen molar-refractivity contribution in [2.75, 3.05) is 6.54 Å². The number of carbonyl (C=O) groups is 1. The van der Waals surface area contributed by atoms with E-state index >= 15 is 0 Å². The molecule has 0 fully saturated rings. The number of amides is 1. The number of aromatic nitrogens is 2. The Morgan fingerprint density at radius 1 is 1.65 bits per heavy atom. The van der Waals surface area contributed by atoms with Crippen LogP contribution in [0.1, 0.15) is 42.9 Å². The molecule has 1 rings (SSSR count). The van der Waals surface area contributed by atoms with E-state index in [-0.39, 0.29) is 11.9 Å². The van der Waals surface area contributed by atoms with Gasteiger partial charge in [-0.15, -0.1) is 0 Å². The van der Waals surface area contributed by atoms with Crippen molar-refractivity contribution < 1.29 is 4.79 Å². The zero-order valence-electron chi connectivity index (χ0n) is 10.9. The van der Waals surface area contributed by atoms with Crippen LogP contribution in [0.15, 0.2) is 6.07 Å². The molecular weight excluding hydrogens is 216 g/mol. The Labute approximate surface area is 102 Å². The minimum Gasteiger partial charge on any atom is -0.348 e. The van der Waals surface area contributed by atoms with E-state index in [0.29, 0.717) is 12.2 Å². The van der Waals surface area contributed by atoms with Gasteiger partial charge in [-0.2, -0.15) is 5.10 Å². The van der Waals surface area contributed by atoms with Crippen LogP contribution in [-0.4, -0.2) is 28.3 Å². The summed E-state index contributed by atoms with van der Waals surface area (Å²) in [6, 6.07) is 1.98. The highest BCUT2D eigenvalue weighted by atomic mass is 16.2. The molecule has 5 heteroatoms. The summed E-state index contributed by atoms with van der Waals surface area (Å²) in [5, 5.41) is 7.21. The molecule has 3 N–H and O–H groups in total. The first-order valence-electron chi connectivity index (χ1n) is 6.12. The van der Waals surface area contributed by atoms with Gasteiger partial charge < -0.3 is 11.1 Å². The van der Waals surface area contributed by atoms with Gasteiger partial charge in [0.1, 0.15) is 5.69 Å². The normalized spacial score (nSPS) is 12.5. The van der Waals surface area contributed by atoms with Crippen molar-refractivity contribution in [1.82, 2.24) is 15.1 Å². The molecule has 0 aliphatic heterocycles. The fourth-order valence-corrected chi connectivity index (χ4v) is 1.71. The van der Waals surface area contributed by atoms with E-state index in [1.54, 1.807) is 11.7 Å². The Bertz CT molecular complexity index is 373. The highest BCUT2D eigenvalue weighted by Gasteiger charge is 2.14. The molecule has 96 valence electrons. The van der Waals surface area contributed by atoms with Gasteiger partial charge in [0.15, 0.2) is 0 Å². The van der Waals surface area contributed by atoms with Gasteiger partial charge in [0, 0.05) is 13.1 Å². The van der Waals surface area contributed by atoms with Crippen LogP contribution in [0.3, 0.4) is 0 Å². The monoisotopic (exact) mass is 238 g/mol. The third-order valence-corrected chi connectivity index (χ3v) is 2.74. The quantitative estimate of drug-likeness (QED) is 0.771. The van der Waals surface area contributed by atoms with Crippen LogP contribution in [0.5, 0.6) is 0 Å². The van der Waals surface area contributed by atoms with Crippen molar-refractivity contribution in [3.05, 3.63) is 17.5 Å². The summed E-state index contributed by atoms with van der Waals surface area (Å²) < 4.78 is 1.63. The lowest BCUT2D eigenvalue weighted by Gasteiger charge is -2.12. The van der Waals surface area contributed by atoms with Crippen LogP contribution in [0.2, 0.25) is 0 Å². The number of hydrogen-bond acceptors (Lipinski definition) is 3. The van der Waals surface area contributed by atoms with Gasteiger partial charge in [-0.25, -0.2) is 0 Å². The Morgan fingerprint density at radius 3 is 2.88 bits per heavy atom. The number of nitrogens with one attached hydrogen (secondary N) is 1. The van der Waals surface area contributed by atoms with E-state index in [9.17, 15) is 4.79 Å². The minimum absolute atomic E-state index is 0.0655. The van der Waals surface area contributed by atoms with Crippen LogP contribution < -0.4 is 11.1 Å².